The average molecular weight is 299 g/mol. The SMILES string of the molecule is CCCCCCCNC(=O)COc1cccc2ccccc12. The van der Waals surface area contributed by atoms with E-state index >= 15 is 0 Å². The smallest absolute Gasteiger partial charge is 0.257 e. The van der Waals surface area contributed by atoms with Crippen molar-refractivity contribution in [1.29, 1.82) is 0 Å². The minimum absolute atomic E-state index is 0.0524. The number of benzene rings is 2. The zero-order valence-electron chi connectivity index (χ0n) is 13.3. The molecule has 0 bridgehead atoms. The lowest BCUT2D eigenvalue weighted by molar-refractivity contribution is -0.123. The quantitative estimate of drug-likeness (QED) is 0.701. The maximum absolute atomic E-state index is 11.8. The number of nitrogens with one attached hydrogen (secondary N) is 1. The van der Waals surface area contributed by atoms with Crippen molar-refractivity contribution in [2.45, 2.75) is 39.0 Å². The lowest BCUT2D eigenvalue weighted by Crippen LogP contribution is -2.29. The van der Waals surface area contributed by atoms with Crippen molar-refractivity contribution in [2.24, 2.45) is 0 Å². The van der Waals surface area contributed by atoms with E-state index in [9.17, 15) is 4.79 Å². The van der Waals surface area contributed by atoms with Gasteiger partial charge in [-0.05, 0) is 17.9 Å². The molecule has 0 saturated heterocycles. The third-order valence-electron chi connectivity index (χ3n) is 3.71. The van der Waals surface area contributed by atoms with Crippen LogP contribution in [0.5, 0.6) is 5.75 Å². The molecular weight excluding hydrogens is 274 g/mol. The molecule has 3 heteroatoms. The molecule has 0 atom stereocenters. The Bertz CT molecular complexity index is 590. The molecule has 2 aromatic carbocycles. The maximum atomic E-state index is 11.8. The first-order valence-electron chi connectivity index (χ1n) is 8.18. The van der Waals surface area contributed by atoms with E-state index < -0.39 is 0 Å². The van der Waals surface area contributed by atoms with Gasteiger partial charge in [-0.15, -0.1) is 0 Å². The van der Waals surface area contributed by atoms with E-state index in [1.165, 1.54) is 25.7 Å². The van der Waals surface area contributed by atoms with Crippen LogP contribution in [0.2, 0.25) is 0 Å². The molecule has 2 rings (SSSR count). The molecule has 0 aliphatic rings. The topological polar surface area (TPSA) is 38.3 Å². The Labute approximate surface area is 132 Å². The maximum Gasteiger partial charge on any atom is 0.257 e. The van der Waals surface area contributed by atoms with Crippen LogP contribution >= 0.6 is 0 Å². The summed E-state index contributed by atoms with van der Waals surface area (Å²) in [5, 5.41) is 5.07. The first-order chi connectivity index (χ1) is 10.8. The van der Waals surface area contributed by atoms with Gasteiger partial charge in [0.05, 0.1) is 0 Å². The normalized spacial score (nSPS) is 10.6. The molecule has 22 heavy (non-hydrogen) atoms. The molecule has 0 saturated carbocycles. The van der Waals surface area contributed by atoms with Crippen LogP contribution in [0.3, 0.4) is 0 Å². The van der Waals surface area contributed by atoms with Crippen LogP contribution in [0.15, 0.2) is 42.5 Å². The van der Waals surface area contributed by atoms with E-state index in [1.54, 1.807) is 0 Å². The van der Waals surface area contributed by atoms with Crippen molar-refractivity contribution in [3.63, 3.8) is 0 Å². The Morgan fingerprint density at radius 1 is 1.00 bits per heavy atom. The van der Waals surface area contributed by atoms with Crippen molar-refractivity contribution in [3.05, 3.63) is 42.5 Å². The van der Waals surface area contributed by atoms with Crippen LogP contribution in [-0.2, 0) is 4.79 Å². The van der Waals surface area contributed by atoms with Crippen LogP contribution in [-0.4, -0.2) is 19.1 Å². The van der Waals surface area contributed by atoms with Gasteiger partial charge in [0, 0.05) is 11.9 Å². The predicted molar refractivity (Wildman–Crippen MR) is 91.2 cm³/mol. The van der Waals surface area contributed by atoms with Crippen molar-refractivity contribution >= 4 is 16.7 Å². The van der Waals surface area contributed by atoms with Crippen molar-refractivity contribution < 1.29 is 9.53 Å². The highest BCUT2D eigenvalue weighted by atomic mass is 16.5. The van der Waals surface area contributed by atoms with Crippen LogP contribution in [0.1, 0.15) is 39.0 Å². The second kappa shape index (κ2) is 9.08. The van der Waals surface area contributed by atoms with E-state index in [2.05, 4.69) is 12.2 Å². The minimum Gasteiger partial charge on any atom is -0.483 e. The molecule has 118 valence electrons. The van der Waals surface area contributed by atoms with Gasteiger partial charge in [-0.1, -0.05) is 69.0 Å². The van der Waals surface area contributed by atoms with Crippen LogP contribution in [0.4, 0.5) is 0 Å². The van der Waals surface area contributed by atoms with Crippen LogP contribution < -0.4 is 10.1 Å². The fraction of sp³-hybridized carbons (Fsp3) is 0.421. The van der Waals surface area contributed by atoms with Gasteiger partial charge in [-0.3, -0.25) is 4.79 Å². The first kappa shape index (κ1) is 16.3. The standard InChI is InChI=1S/C19H25NO2/c1-2-3-4-5-8-14-20-19(21)15-22-18-13-9-11-16-10-6-7-12-17(16)18/h6-7,9-13H,2-5,8,14-15H2,1H3,(H,20,21). The first-order valence-corrected chi connectivity index (χ1v) is 8.18. The number of fused-ring (bicyclic) bond motifs is 1. The number of rotatable bonds is 9. The van der Waals surface area contributed by atoms with Gasteiger partial charge in [0.15, 0.2) is 6.61 Å². The fourth-order valence-corrected chi connectivity index (χ4v) is 2.47. The molecule has 3 nitrogen and oxygen atoms in total. The van der Waals surface area contributed by atoms with Crippen LogP contribution in [0.25, 0.3) is 10.8 Å². The monoisotopic (exact) mass is 299 g/mol. The second-order valence-electron chi connectivity index (χ2n) is 5.53. The number of unbranched alkanes of at least 4 members (excludes halogenated alkanes) is 4. The largest absolute Gasteiger partial charge is 0.483 e. The summed E-state index contributed by atoms with van der Waals surface area (Å²) in [5.74, 6) is 0.708. The highest BCUT2D eigenvalue weighted by molar-refractivity contribution is 5.88. The highest BCUT2D eigenvalue weighted by Crippen LogP contribution is 2.24. The lowest BCUT2D eigenvalue weighted by atomic mass is 10.1. The van der Waals surface area contributed by atoms with Gasteiger partial charge in [0.2, 0.25) is 0 Å². The molecule has 2 aromatic rings. The molecule has 0 spiro atoms. The predicted octanol–water partition coefficient (Wildman–Crippen LogP) is 4.31. The summed E-state index contributed by atoms with van der Waals surface area (Å²) in [6.45, 7) is 3.01. The number of hydrogen-bond donors (Lipinski definition) is 1. The van der Waals surface area contributed by atoms with Gasteiger partial charge in [0.25, 0.3) is 5.91 Å². The molecule has 0 aromatic heterocycles. The van der Waals surface area contributed by atoms with Crippen molar-refractivity contribution in [1.82, 2.24) is 5.32 Å². The highest BCUT2D eigenvalue weighted by Gasteiger charge is 2.05. The summed E-state index contributed by atoms with van der Waals surface area (Å²) in [5.41, 5.74) is 0. The Hall–Kier alpha value is -2.03. The van der Waals surface area contributed by atoms with Gasteiger partial charge < -0.3 is 10.1 Å². The molecule has 0 unspecified atom stereocenters. The average Bonchev–Trinajstić information content (AvgIpc) is 2.56. The van der Waals surface area contributed by atoms with E-state index in [0.29, 0.717) is 0 Å². The van der Waals surface area contributed by atoms with Crippen molar-refractivity contribution in [3.8, 4) is 5.75 Å². The summed E-state index contributed by atoms with van der Waals surface area (Å²) in [6, 6.07) is 13.9. The molecule has 0 fully saturated rings. The van der Waals surface area contributed by atoms with Crippen molar-refractivity contribution in [2.75, 3.05) is 13.2 Å². The number of ether oxygens (including phenoxy) is 1. The van der Waals surface area contributed by atoms with Gasteiger partial charge >= 0.3 is 0 Å². The Balaban J connectivity index is 1.74. The van der Waals surface area contributed by atoms with Gasteiger partial charge in [0.1, 0.15) is 5.75 Å². The van der Waals surface area contributed by atoms with Gasteiger partial charge in [-0.2, -0.15) is 0 Å². The molecule has 0 aliphatic heterocycles. The Morgan fingerprint density at radius 2 is 1.77 bits per heavy atom. The lowest BCUT2D eigenvalue weighted by Gasteiger charge is -2.09. The zero-order chi connectivity index (χ0) is 15.6. The second-order valence-corrected chi connectivity index (χ2v) is 5.53. The molecule has 1 N–H and O–H groups in total. The number of carbonyl (C=O) groups excluding carboxylic acids is 1. The van der Waals surface area contributed by atoms with Crippen LogP contribution in [0, 0.1) is 0 Å². The van der Waals surface area contributed by atoms with E-state index in [0.717, 1.165) is 29.5 Å². The third-order valence-corrected chi connectivity index (χ3v) is 3.71. The molecular formula is C19H25NO2. The Kier molecular flexibility index (Phi) is 6.75. The molecule has 0 radical (unpaired) electrons. The summed E-state index contributed by atoms with van der Waals surface area (Å²) < 4.78 is 5.66. The zero-order valence-corrected chi connectivity index (χ0v) is 13.3. The molecule has 1 amide bonds. The summed E-state index contributed by atoms with van der Waals surface area (Å²) in [7, 11) is 0. The Morgan fingerprint density at radius 3 is 2.64 bits per heavy atom. The fourth-order valence-electron chi connectivity index (χ4n) is 2.47. The number of hydrogen-bond acceptors (Lipinski definition) is 2. The summed E-state index contributed by atoms with van der Waals surface area (Å²) >= 11 is 0. The third kappa shape index (κ3) is 5.06. The summed E-state index contributed by atoms with van der Waals surface area (Å²) in [4.78, 5) is 11.8. The molecule has 0 heterocycles. The molecule has 0 aliphatic carbocycles. The van der Waals surface area contributed by atoms with E-state index in [-0.39, 0.29) is 12.5 Å². The van der Waals surface area contributed by atoms with E-state index in [4.69, 9.17) is 4.74 Å². The van der Waals surface area contributed by atoms with E-state index in [1.807, 2.05) is 42.5 Å². The van der Waals surface area contributed by atoms with Gasteiger partial charge in [-0.25, -0.2) is 0 Å². The summed E-state index contributed by atoms with van der Waals surface area (Å²) in [6.07, 6.45) is 5.99. The minimum atomic E-state index is -0.0524. The number of carbonyl (C=O) groups is 1. The number of amides is 1.